The predicted molar refractivity (Wildman–Crippen MR) is 80.5 cm³/mol. The number of hydrogen-bond acceptors (Lipinski definition) is 3. The first-order valence-electron chi connectivity index (χ1n) is 6.96. The fourth-order valence-electron chi connectivity index (χ4n) is 2.94. The van der Waals surface area contributed by atoms with Crippen LogP contribution in [0, 0.1) is 0 Å². The van der Waals surface area contributed by atoms with Crippen molar-refractivity contribution in [1.82, 2.24) is 4.90 Å². The van der Waals surface area contributed by atoms with Crippen molar-refractivity contribution in [1.29, 1.82) is 0 Å². The zero-order valence-electron chi connectivity index (χ0n) is 11.8. The zero-order chi connectivity index (χ0) is 13.9. The number of rotatable bonds is 4. The predicted octanol–water partition coefficient (Wildman–Crippen LogP) is 2.71. The first-order valence-corrected chi connectivity index (χ1v) is 6.96. The average Bonchev–Trinajstić information content (AvgIpc) is 2.85. The molecule has 104 valence electrons. The molecule has 3 nitrogen and oxygen atoms in total. The van der Waals surface area contributed by atoms with Crippen LogP contribution in [0.15, 0.2) is 48.5 Å². The molecule has 2 N–H and O–H groups in total. The molecule has 0 amide bonds. The van der Waals surface area contributed by atoms with Gasteiger partial charge in [-0.05, 0) is 28.8 Å². The maximum absolute atomic E-state index is 5.98. The lowest BCUT2D eigenvalue weighted by Gasteiger charge is -2.23. The lowest BCUT2D eigenvalue weighted by atomic mass is 10.1. The Bertz CT molecular complexity index is 580. The molecule has 0 radical (unpaired) electrons. The highest BCUT2D eigenvalue weighted by Crippen LogP contribution is 2.33. The van der Waals surface area contributed by atoms with Crippen molar-refractivity contribution in [3.63, 3.8) is 0 Å². The molecule has 0 aromatic heterocycles. The Hall–Kier alpha value is -1.84. The van der Waals surface area contributed by atoms with Crippen molar-refractivity contribution in [2.24, 2.45) is 5.73 Å². The molecule has 3 heteroatoms. The van der Waals surface area contributed by atoms with Crippen LogP contribution in [0.3, 0.4) is 0 Å². The van der Waals surface area contributed by atoms with E-state index in [9.17, 15) is 0 Å². The van der Waals surface area contributed by atoms with E-state index in [-0.39, 0.29) is 0 Å². The van der Waals surface area contributed by atoms with Crippen LogP contribution in [-0.2, 0) is 13.1 Å². The molecule has 0 saturated heterocycles. The number of methoxy groups -OCH3 is 1. The standard InChI is InChI=1S/C17H20N2O/c1-20-15-8-6-13(7-9-15)11-19-12-14-4-2-3-5-16(14)17(19)10-18/h2-9,17H,10-12,18H2,1H3. The summed E-state index contributed by atoms with van der Waals surface area (Å²) < 4.78 is 5.20. The fraction of sp³-hybridized carbons (Fsp3) is 0.294. The van der Waals surface area contributed by atoms with E-state index in [1.54, 1.807) is 7.11 Å². The van der Waals surface area contributed by atoms with Gasteiger partial charge in [-0.15, -0.1) is 0 Å². The number of fused-ring (bicyclic) bond motifs is 1. The summed E-state index contributed by atoms with van der Waals surface area (Å²) in [7, 11) is 1.69. The van der Waals surface area contributed by atoms with Gasteiger partial charge in [0.2, 0.25) is 0 Å². The van der Waals surface area contributed by atoms with Gasteiger partial charge in [0.1, 0.15) is 5.75 Å². The monoisotopic (exact) mass is 268 g/mol. The Kier molecular flexibility index (Phi) is 3.72. The molecule has 0 saturated carbocycles. The summed E-state index contributed by atoms with van der Waals surface area (Å²) in [5, 5.41) is 0. The number of ether oxygens (including phenoxy) is 1. The molecule has 1 unspecified atom stereocenters. The van der Waals surface area contributed by atoms with Crippen molar-refractivity contribution >= 4 is 0 Å². The van der Waals surface area contributed by atoms with Crippen molar-refractivity contribution in [3.8, 4) is 5.75 Å². The highest BCUT2D eigenvalue weighted by molar-refractivity contribution is 5.35. The molecule has 1 atom stereocenters. The second-order valence-corrected chi connectivity index (χ2v) is 5.20. The fourth-order valence-corrected chi connectivity index (χ4v) is 2.94. The van der Waals surface area contributed by atoms with Gasteiger partial charge < -0.3 is 10.5 Å². The highest BCUT2D eigenvalue weighted by Gasteiger charge is 2.28. The van der Waals surface area contributed by atoms with Crippen molar-refractivity contribution in [2.45, 2.75) is 19.1 Å². The van der Waals surface area contributed by atoms with Crippen LogP contribution in [0.4, 0.5) is 0 Å². The molecule has 0 fully saturated rings. The topological polar surface area (TPSA) is 38.5 Å². The molecule has 0 spiro atoms. The highest BCUT2D eigenvalue weighted by atomic mass is 16.5. The third-order valence-electron chi connectivity index (χ3n) is 4.00. The molecule has 3 rings (SSSR count). The molecule has 2 aromatic carbocycles. The van der Waals surface area contributed by atoms with Crippen LogP contribution in [0.25, 0.3) is 0 Å². The summed E-state index contributed by atoms with van der Waals surface area (Å²) in [5.74, 6) is 0.897. The smallest absolute Gasteiger partial charge is 0.118 e. The van der Waals surface area contributed by atoms with Gasteiger partial charge in [-0.2, -0.15) is 0 Å². The Morgan fingerprint density at radius 1 is 1.15 bits per heavy atom. The van der Waals surface area contributed by atoms with Gasteiger partial charge in [0.25, 0.3) is 0 Å². The molecule has 1 heterocycles. The summed E-state index contributed by atoms with van der Waals surface area (Å²) in [6.07, 6.45) is 0. The maximum Gasteiger partial charge on any atom is 0.118 e. The molecule has 2 aromatic rings. The SMILES string of the molecule is COc1ccc(CN2Cc3ccccc3C2CN)cc1. The molecule has 0 aliphatic carbocycles. The van der Waals surface area contributed by atoms with Gasteiger partial charge >= 0.3 is 0 Å². The lowest BCUT2D eigenvalue weighted by molar-refractivity contribution is 0.211. The largest absolute Gasteiger partial charge is 0.497 e. The summed E-state index contributed by atoms with van der Waals surface area (Å²) in [6.45, 7) is 2.55. The number of nitrogens with two attached hydrogens (primary N) is 1. The summed E-state index contributed by atoms with van der Waals surface area (Å²) >= 11 is 0. The molecule has 20 heavy (non-hydrogen) atoms. The molecule has 0 bridgehead atoms. The van der Waals surface area contributed by atoms with Gasteiger partial charge in [0.15, 0.2) is 0 Å². The summed E-state index contributed by atoms with van der Waals surface area (Å²) in [6, 6.07) is 17.2. The van der Waals surface area contributed by atoms with E-state index < -0.39 is 0 Å². The second kappa shape index (κ2) is 5.65. The van der Waals surface area contributed by atoms with Crippen LogP contribution >= 0.6 is 0 Å². The molecule has 1 aliphatic rings. The minimum absolute atomic E-state index is 0.327. The van der Waals surface area contributed by atoms with Gasteiger partial charge in [-0.25, -0.2) is 0 Å². The summed E-state index contributed by atoms with van der Waals surface area (Å²) in [4.78, 5) is 2.44. The van der Waals surface area contributed by atoms with E-state index in [0.29, 0.717) is 12.6 Å². The van der Waals surface area contributed by atoms with E-state index >= 15 is 0 Å². The quantitative estimate of drug-likeness (QED) is 0.926. The third kappa shape index (κ3) is 2.42. The Balaban J connectivity index is 1.78. The van der Waals surface area contributed by atoms with Crippen LogP contribution in [0.2, 0.25) is 0 Å². The Labute approximate surface area is 120 Å². The third-order valence-corrected chi connectivity index (χ3v) is 4.00. The van der Waals surface area contributed by atoms with E-state index in [4.69, 9.17) is 10.5 Å². The van der Waals surface area contributed by atoms with E-state index in [1.165, 1.54) is 16.7 Å². The van der Waals surface area contributed by atoms with Crippen molar-refractivity contribution in [2.75, 3.05) is 13.7 Å². The minimum Gasteiger partial charge on any atom is -0.497 e. The lowest BCUT2D eigenvalue weighted by Crippen LogP contribution is -2.27. The van der Waals surface area contributed by atoms with Gasteiger partial charge in [0.05, 0.1) is 7.11 Å². The Morgan fingerprint density at radius 2 is 1.90 bits per heavy atom. The normalized spacial score (nSPS) is 18.0. The average molecular weight is 268 g/mol. The second-order valence-electron chi connectivity index (χ2n) is 5.20. The summed E-state index contributed by atoms with van der Waals surface area (Å²) in [5.41, 5.74) is 10.0. The minimum atomic E-state index is 0.327. The van der Waals surface area contributed by atoms with Gasteiger partial charge in [-0.3, -0.25) is 4.90 Å². The molecular weight excluding hydrogens is 248 g/mol. The zero-order valence-corrected chi connectivity index (χ0v) is 11.8. The number of benzene rings is 2. The van der Waals surface area contributed by atoms with Crippen molar-refractivity contribution < 1.29 is 4.74 Å². The number of hydrogen-bond donors (Lipinski definition) is 1. The molecular formula is C17H20N2O. The van der Waals surface area contributed by atoms with Crippen molar-refractivity contribution in [3.05, 3.63) is 65.2 Å². The Morgan fingerprint density at radius 3 is 2.60 bits per heavy atom. The van der Waals surface area contributed by atoms with Crippen LogP contribution in [0.1, 0.15) is 22.7 Å². The molecule has 1 aliphatic heterocycles. The van der Waals surface area contributed by atoms with E-state index in [0.717, 1.165) is 18.8 Å². The van der Waals surface area contributed by atoms with Crippen LogP contribution in [-0.4, -0.2) is 18.6 Å². The van der Waals surface area contributed by atoms with Crippen LogP contribution < -0.4 is 10.5 Å². The first-order chi connectivity index (χ1) is 9.81. The van der Waals surface area contributed by atoms with Gasteiger partial charge in [0, 0.05) is 25.7 Å². The van der Waals surface area contributed by atoms with E-state index in [1.807, 2.05) is 12.1 Å². The maximum atomic E-state index is 5.98. The van der Waals surface area contributed by atoms with Crippen LogP contribution in [0.5, 0.6) is 5.75 Å². The first kappa shape index (κ1) is 13.2. The van der Waals surface area contributed by atoms with Gasteiger partial charge in [-0.1, -0.05) is 36.4 Å². The van der Waals surface area contributed by atoms with E-state index in [2.05, 4.69) is 41.3 Å². The number of nitrogens with zero attached hydrogens (tertiary/aromatic N) is 1.